The second-order valence-corrected chi connectivity index (χ2v) is 7.32. The number of benzene rings is 2. The summed E-state index contributed by atoms with van der Waals surface area (Å²) < 4.78 is 0. The largest absolute Gasteiger partial charge is 0.345 e. The summed E-state index contributed by atoms with van der Waals surface area (Å²) >= 11 is 13.6. The van der Waals surface area contributed by atoms with Gasteiger partial charge in [-0.15, -0.1) is 11.8 Å². The normalized spacial score (nSPS) is 10.4. The fourth-order valence-corrected chi connectivity index (χ4v) is 3.63. The number of hydrogen-bond donors (Lipinski definition) is 1. The molecule has 0 heterocycles. The fourth-order valence-electron chi connectivity index (χ4n) is 2.07. The molecule has 0 spiro atoms. The summed E-state index contributed by atoms with van der Waals surface area (Å²) in [6, 6.07) is 12.1. The Morgan fingerprint density at radius 2 is 1.64 bits per heavy atom. The van der Waals surface area contributed by atoms with E-state index in [1.165, 1.54) is 16.7 Å². The van der Waals surface area contributed by atoms with Crippen molar-refractivity contribution in [1.82, 2.24) is 4.90 Å². The lowest BCUT2D eigenvalue weighted by Gasteiger charge is -2.11. The molecule has 0 saturated heterocycles. The Kier molecular flexibility index (Phi) is 7.17. The highest BCUT2D eigenvalue weighted by molar-refractivity contribution is 7.99. The van der Waals surface area contributed by atoms with E-state index in [0.717, 1.165) is 5.56 Å². The van der Waals surface area contributed by atoms with Gasteiger partial charge in [-0.1, -0.05) is 29.3 Å². The van der Waals surface area contributed by atoms with E-state index in [1.54, 1.807) is 56.6 Å². The van der Waals surface area contributed by atoms with Crippen LogP contribution in [-0.4, -0.2) is 36.6 Å². The Bertz CT molecular complexity index is 744. The third kappa shape index (κ3) is 5.66. The van der Waals surface area contributed by atoms with Crippen molar-refractivity contribution in [3.8, 4) is 0 Å². The van der Waals surface area contributed by atoms with Crippen LogP contribution < -0.4 is 5.32 Å². The van der Waals surface area contributed by atoms with Crippen molar-refractivity contribution < 1.29 is 9.59 Å². The first kappa shape index (κ1) is 19.6. The SMILES string of the molecule is CN(C)C(=O)c1ccc(NC(=O)CSCc2c(Cl)cccc2Cl)cc1. The topological polar surface area (TPSA) is 49.4 Å². The number of amides is 2. The van der Waals surface area contributed by atoms with Gasteiger partial charge < -0.3 is 10.2 Å². The van der Waals surface area contributed by atoms with Crippen molar-refractivity contribution >= 4 is 52.5 Å². The molecule has 7 heteroatoms. The molecule has 0 fully saturated rings. The minimum absolute atomic E-state index is 0.0787. The first-order chi connectivity index (χ1) is 11.9. The molecule has 0 saturated carbocycles. The van der Waals surface area contributed by atoms with Crippen LogP contribution in [0.3, 0.4) is 0 Å². The second-order valence-electron chi connectivity index (χ2n) is 5.52. The summed E-state index contributed by atoms with van der Waals surface area (Å²) in [5.41, 5.74) is 2.05. The molecule has 2 amide bonds. The number of anilines is 1. The highest BCUT2D eigenvalue weighted by Gasteiger charge is 2.10. The minimum Gasteiger partial charge on any atom is -0.345 e. The van der Waals surface area contributed by atoms with Gasteiger partial charge in [0.2, 0.25) is 5.91 Å². The van der Waals surface area contributed by atoms with E-state index < -0.39 is 0 Å². The Balaban J connectivity index is 1.85. The van der Waals surface area contributed by atoms with Crippen molar-refractivity contribution in [1.29, 1.82) is 0 Å². The van der Waals surface area contributed by atoms with Gasteiger partial charge in [0, 0.05) is 41.1 Å². The summed E-state index contributed by atoms with van der Waals surface area (Å²) in [4.78, 5) is 25.4. The van der Waals surface area contributed by atoms with Gasteiger partial charge in [-0.05, 0) is 42.0 Å². The van der Waals surface area contributed by atoms with Crippen molar-refractivity contribution in [3.05, 3.63) is 63.6 Å². The molecule has 0 bridgehead atoms. The third-order valence-electron chi connectivity index (χ3n) is 3.36. The quantitative estimate of drug-likeness (QED) is 0.777. The Labute approximate surface area is 161 Å². The van der Waals surface area contributed by atoms with Gasteiger partial charge >= 0.3 is 0 Å². The summed E-state index contributed by atoms with van der Waals surface area (Å²) in [7, 11) is 3.39. The summed E-state index contributed by atoms with van der Waals surface area (Å²) in [6.45, 7) is 0. The molecule has 4 nitrogen and oxygen atoms in total. The van der Waals surface area contributed by atoms with Crippen molar-refractivity contribution in [2.45, 2.75) is 5.75 Å². The maximum absolute atomic E-state index is 12.0. The Hall–Kier alpha value is -1.69. The molecule has 0 aliphatic carbocycles. The van der Waals surface area contributed by atoms with Crippen LogP contribution in [0.15, 0.2) is 42.5 Å². The Morgan fingerprint density at radius 1 is 1.04 bits per heavy atom. The zero-order valence-electron chi connectivity index (χ0n) is 13.9. The van der Waals surface area contributed by atoms with Gasteiger partial charge in [-0.3, -0.25) is 9.59 Å². The van der Waals surface area contributed by atoms with Crippen LogP contribution in [0.4, 0.5) is 5.69 Å². The van der Waals surface area contributed by atoms with Gasteiger partial charge in [0.15, 0.2) is 0 Å². The smallest absolute Gasteiger partial charge is 0.253 e. The van der Waals surface area contributed by atoms with Gasteiger partial charge in [-0.2, -0.15) is 0 Å². The van der Waals surface area contributed by atoms with Gasteiger partial charge in [0.05, 0.1) is 5.75 Å². The molecule has 0 atom stereocenters. The number of carbonyl (C=O) groups excluding carboxylic acids is 2. The lowest BCUT2D eigenvalue weighted by molar-refractivity contribution is -0.113. The molecule has 0 aliphatic rings. The maximum Gasteiger partial charge on any atom is 0.253 e. The van der Waals surface area contributed by atoms with Crippen LogP contribution in [0.1, 0.15) is 15.9 Å². The highest BCUT2D eigenvalue weighted by Crippen LogP contribution is 2.28. The van der Waals surface area contributed by atoms with Crippen molar-refractivity contribution in [3.63, 3.8) is 0 Å². The standard InChI is InChI=1S/C18H18Cl2N2O2S/c1-22(2)18(24)12-6-8-13(9-7-12)21-17(23)11-25-10-14-15(19)4-3-5-16(14)20/h3-9H,10-11H2,1-2H3,(H,21,23). The number of thioether (sulfide) groups is 1. The summed E-state index contributed by atoms with van der Waals surface area (Å²) in [5, 5.41) is 4.00. The van der Waals surface area contributed by atoms with E-state index in [9.17, 15) is 9.59 Å². The first-order valence-corrected chi connectivity index (χ1v) is 9.41. The van der Waals surface area contributed by atoms with Crippen molar-refractivity contribution in [2.75, 3.05) is 25.2 Å². The van der Waals surface area contributed by atoms with Crippen LogP contribution in [-0.2, 0) is 10.5 Å². The number of rotatable bonds is 6. The molecule has 0 aliphatic heterocycles. The molecular formula is C18H18Cl2N2O2S. The summed E-state index contributed by atoms with van der Waals surface area (Å²) in [6.07, 6.45) is 0. The van der Waals surface area contributed by atoms with E-state index in [2.05, 4.69) is 5.32 Å². The molecule has 2 aromatic rings. The zero-order chi connectivity index (χ0) is 18.4. The van der Waals surface area contributed by atoms with Crippen LogP contribution >= 0.6 is 35.0 Å². The molecule has 0 radical (unpaired) electrons. The first-order valence-electron chi connectivity index (χ1n) is 7.50. The zero-order valence-corrected chi connectivity index (χ0v) is 16.2. The molecule has 25 heavy (non-hydrogen) atoms. The lowest BCUT2D eigenvalue weighted by Crippen LogP contribution is -2.21. The average Bonchev–Trinajstić information content (AvgIpc) is 2.57. The molecule has 1 N–H and O–H groups in total. The van der Waals surface area contributed by atoms with Crippen LogP contribution in [0.2, 0.25) is 10.0 Å². The van der Waals surface area contributed by atoms with E-state index in [4.69, 9.17) is 23.2 Å². The number of hydrogen-bond acceptors (Lipinski definition) is 3. The number of nitrogens with one attached hydrogen (secondary N) is 1. The number of carbonyl (C=O) groups is 2. The minimum atomic E-state index is -0.125. The fraction of sp³-hybridized carbons (Fsp3) is 0.222. The lowest BCUT2D eigenvalue weighted by atomic mass is 10.2. The molecule has 2 rings (SSSR count). The Morgan fingerprint density at radius 3 is 2.20 bits per heavy atom. The van der Waals surface area contributed by atoms with Crippen LogP contribution in [0.5, 0.6) is 0 Å². The van der Waals surface area contributed by atoms with E-state index >= 15 is 0 Å². The predicted octanol–water partition coefficient (Wildman–Crippen LogP) is 4.57. The highest BCUT2D eigenvalue weighted by atomic mass is 35.5. The van der Waals surface area contributed by atoms with E-state index in [-0.39, 0.29) is 17.6 Å². The molecular weight excluding hydrogens is 379 g/mol. The van der Waals surface area contributed by atoms with Gasteiger partial charge in [0.1, 0.15) is 0 Å². The molecule has 2 aromatic carbocycles. The molecule has 132 valence electrons. The van der Waals surface area contributed by atoms with Gasteiger partial charge in [0.25, 0.3) is 5.91 Å². The second kappa shape index (κ2) is 9.13. The molecule has 0 aromatic heterocycles. The monoisotopic (exact) mass is 396 g/mol. The number of halogens is 2. The van der Waals surface area contributed by atoms with E-state index in [1.807, 2.05) is 0 Å². The van der Waals surface area contributed by atoms with Gasteiger partial charge in [-0.25, -0.2) is 0 Å². The average molecular weight is 397 g/mol. The predicted molar refractivity (Wildman–Crippen MR) is 106 cm³/mol. The summed E-state index contributed by atoms with van der Waals surface area (Å²) in [5.74, 6) is 0.632. The van der Waals surface area contributed by atoms with Crippen LogP contribution in [0, 0.1) is 0 Å². The number of nitrogens with zero attached hydrogens (tertiary/aromatic N) is 1. The van der Waals surface area contributed by atoms with E-state index in [0.29, 0.717) is 27.0 Å². The van der Waals surface area contributed by atoms with Crippen LogP contribution in [0.25, 0.3) is 0 Å². The third-order valence-corrected chi connectivity index (χ3v) is 5.03. The van der Waals surface area contributed by atoms with Crippen molar-refractivity contribution in [2.24, 2.45) is 0 Å². The molecule has 0 unspecified atom stereocenters. The maximum atomic E-state index is 12.0.